The van der Waals surface area contributed by atoms with Crippen molar-refractivity contribution in [2.45, 2.75) is 5.88 Å². The summed E-state index contributed by atoms with van der Waals surface area (Å²) in [5.41, 5.74) is 0.512. The summed E-state index contributed by atoms with van der Waals surface area (Å²) in [5.74, 6) is 0.222. The SMILES string of the molecule is Oc1cc(Cl)cc(Cl)c1CCl. The van der Waals surface area contributed by atoms with Gasteiger partial charge in [-0.15, -0.1) is 11.6 Å². The molecule has 0 amide bonds. The number of hydrogen-bond acceptors (Lipinski definition) is 1. The van der Waals surface area contributed by atoms with E-state index in [-0.39, 0.29) is 11.6 Å². The van der Waals surface area contributed by atoms with Gasteiger partial charge in [0.2, 0.25) is 0 Å². The summed E-state index contributed by atoms with van der Waals surface area (Å²) in [4.78, 5) is 0. The van der Waals surface area contributed by atoms with Crippen LogP contribution in [0.25, 0.3) is 0 Å². The average Bonchev–Trinajstić information content (AvgIpc) is 1.85. The van der Waals surface area contributed by atoms with E-state index >= 15 is 0 Å². The standard InChI is InChI=1S/C7H5Cl3O/c8-3-5-6(10)1-4(9)2-7(5)11/h1-2,11H,3H2. The van der Waals surface area contributed by atoms with Crippen molar-refractivity contribution < 1.29 is 5.11 Å². The van der Waals surface area contributed by atoms with Gasteiger partial charge in [0.25, 0.3) is 0 Å². The van der Waals surface area contributed by atoms with Crippen LogP contribution < -0.4 is 0 Å². The summed E-state index contributed by atoms with van der Waals surface area (Å²) in [6, 6.07) is 2.95. The van der Waals surface area contributed by atoms with Crippen molar-refractivity contribution in [3.05, 3.63) is 27.7 Å². The van der Waals surface area contributed by atoms with Gasteiger partial charge in [-0.25, -0.2) is 0 Å². The largest absolute Gasteiger partial charge is 0.508 e. The molecule has 1 aromatic rings. The molecular formula is C7H5Cl3O. The lowest BCUT2D eigenvalue weighted by Crippen LogP contribution is -1.81. The van der Waals surface area contributed by atoms with Crippen molar-refractivity contribution in [2.75, 3.05) is 0 Å². The second-order valence-electron chi connectivity index (χ2n) is 2.02. The van der Waals surface area contributed by atoms with Gasteiger partial charge in [0.15, 0.2) is 0 Å². The topological polar surface area (TPSA) is 20.2 Å². The van der Waals surface area contributed by atoms with Crippen molar-refractivity contribution in [1.29, 1.82) is 0 Å². The third kappa shape index (κ3) is 1.92. The number of phenols is 1. The molecule has 60 valence electrons. The molecule has 0 saturated carbocycles. The van der Waals surface area contributed by atoms with E-state index < -0.39 is 0 Å². The highest BCUT2D eigenvalue weighted by atomic mass is 35.5. The van der Waals surface area contributed by atoms with E-state index in [0.717, 1.165) is 0 Å². The van der Waals surface area contributed by atoms with E-state index in [0.29, 0.717) is 15.6 Å². The molecule has 0 aliphatic rings. The van der Waals surface area contributed by atoms with E-state index in [1.807, 2.05) is 0 Å². The van der Waals surface area contributed by atoms with Crippen molar-refractivity contribution in [1.82, 2.24) is 0 Å². The minimum atomic E-state index is 0.0394. The number of rotatable bonds is 1. The Morgan fingerprint density at radius 2 is 1.91 bits per heavy atom. The highest BCUT2D eigenvalue weighted by molar-refractivity contribution is 6.35. The van der Waals surface area contributed by atoms with Crippen LogP contribution in [0.2, 0.25) is 10.0 Å². The van der Waals surface area contributed by atoms with E-state index in [4.69, 9.17) is 34.8 Å². The predicted octanol–water partition coefficient (Wildman–Crippen LogP) is 3.44. The molecule has 1 nitrogen and oxygen atoms in total. The third-order valence-electron chi connectivity index (χ3n) is 1.27. The summed E-state index contributed by atoms with van der Waals surface area (Å²) in [6.07, 6.45) is 0. The van der Waals surface area contributed by atoms with Crippen LogP contribution in [-0.4, -0.2) is 5.11 Å². The monoisotopic (exact) mass is 210 g/mol. The lowest BCUT2D eigenvalue weighted by atomic mass is 10.2. The van der Waals surface area contributed by atoms with E-state index in [9.17, 15) is 5.11 Å². The molecule has 0 heterocycles. The van der Waals surface area contributed by atoms with Gasteiger partial charge in [0.1, 0.15) is 5.75 Å². The van der Waals surface area contributed by atoms with Gasteiger partial charge in [-0.3, -0.25) is 0 Å². The average molecular weight is 211 g/mol. The summed E-state index contributed by atoms with van der Waals surface area (Å²) in [6.45, 7) is 0. The van der Waals surface area contributed by atoms with Crippen LogP contribution in [0.1, 0.15) is 5.56 Å². The maximum Gasteiger partial charge on any atom is 0.122 e. The number of aromatic hydroxyl groups is 1. The first-order valence-electron chi connectivity index (χ1n) is 2.88. The molecule has 0 saturated heterocycles. The maximum atomic E-state index is 9.22. The lowest BCUT2D eigenvalue weighted by Gasteiger charge is -2.02. The molecule has 1 rings (SSSR count). The van der Waals surface area contributed by atoms with E-state index in [1.165, 1.54) is 6.07 Å². The Hall–Kier alpha value is -0.110. The van der Waals surface area contributed by atoms with Gasteiger partial charge in [0, 0.05) is 10.6 Å². The van der Waals surface area contributed by atoms with Crippen LogP contribution in [0.4, 0.5) is 0 Å². The van der Waals surface area contributed by atoms with E-state index in [1.54, 1.807) is 6.07 Å². The van der Waals surface area contributed by atoms with Gasteiger partial charge in [-0.05, 0) is 12.1 Å². The van der Waals surface area contributed by atoms with Gasteiger partial charge >= 0.3 is 0 Å². The third-order valence-corrected chi connectivity index (χ3v) is 2.09. The molecule has 0 unspecified atom stereocenters. The van der Waals surface area contributed by atoms with Gasteiger partial charge in [-0.2, -0.15) is 0 Å². The smallest absolute Gasteiger partial charge is 0.122 e. The zero-order chi connectivity index (χ0) is 8.43. The van der Waals surface area contributed by atoms with Crippen molar-refractivity contribution in [3.63, 3.8) is 0 Å². The quantitative estimate of drug-likeness (QED) is 0.706. The number of hydrogen-bond donors (Lipinski definition) is 1. The fourth-order valence-corrected chi connectivity index (χ4v) is 1.62. The van der Waals surface area contributed by atoms with Crippen LogP contribution in [0.15, 0.2) is 12.1 Å². The first kappa shape index (κ1) is 8.98. The number of halogens is 3. The van der Waals surface area contributed by atoms with Crippen LogP contribution >= 0.6 is 34.8 Å². The van der Waals surface area contributed by atoms with Crippen LogP contribution in [0.3, 0.4) is 0 Å². The minimum absolute atomic E-state index is 0.0394. The van der Waals surface area contributed by atoms with Crippen LogP contribution in [-0.2, 0) is 5.88 Å². The normalized spacial score (nSPS) is 10.1. The number of alkyl halides is 1. The van der Waals surface area contributed by atoms with Crippen LogP contribution in [0, 0.1) is 0 Å². The molecule has 0 aliphatic carbocycles. The molecule has 4 heteroatoms. The molecule has 0 radical (unpaired) electrons. The fraction of sp³-hybridized carbons (Fsp3) is 0.143. The zero-order valence-electron chi connectivity index (χ0n) is 5.44. The highest BCUT2D eigenvalue weighted by Crippen LogP contribution is 2.30. The fourth-order valence-electron chi connectivity index (χ4n) is 0.722. The molecule has 0 spiro atoms. The summed E-state index contributed by atoms with van der Waals surface area (Å²) in [5, 5.41) is 10.0. The number of benzene rings is 1. The predicted molar refractivity (Wildman–Crippen MR) is 47.7 cm³/mol. The lowest BCUT2D eigenvalue weighted by molar-refractivity contribution is 0.470. The van der Waals surface area contributed by atoms with Crippen LogP contribution in [0.5, 0.6) is 5.75 Å². The molecule has 1 N–H and O–H groups in total. The molecule has 1 aromatic carbocycles. The molecule has 0 aromatic heterocycles. The summed E-state index contributed by atoms with van der Waals surface area (Å²) >= 11 is 16.8. The maximum absolute atomic E-state index is 9.22. The molecule has 11 heavy (non-hydrogen) atoms. The number of phenolic OH excluding ortho intramolecular Hbond substituents is 1. The molecule has 0 aliphatic heterocycles. The van der Waals surface area contributed by atoms with Crippen molar-refractivity contribution in [2.24, 2.45) is 0 Å². The molecule has 0 bridgehead atoms. The Morgan fingerprint density at radius 1 is 1.27 bits per heavy atom. The first-order chi connectivity index (χ1) is 5.15. The second-order valence-corrected chi connectivity index (χ2v) is 3.13. The van der Waals surface area contributed by atoms with Gasteiger partial charge < -0.3 is 5.11 Å². The summed E-state index contributed by atoms with van der Waals surface area (Å²) in [7, 11) is 0. The Balaban J connectivity index is 3.25. The van der Waals surface area contributed by atoms with E-state index in [2.05, 4.69) is 0 Å². The Bertz CT molecular complexity index is 249. The molecule has 0 atom stereocenters. The Morgan fingerprint density at radius 3 is 2.36 bits per heavy atom. The van der Waals surface area contributed by atoms with Gasteiger partial charge in [-0.1, -0.05) is 23.2 Å². The molecule has 0 fully saturated rings. The minimum Gasteiger partial charge on any atom is -0.508 e. The second kappa shape index (κ2) is 3.53. The Labute approximate surface area is 79.5 Å². The van der Waals surface area contributed by atoms with Gasteiger partial charge in [0.05, 0.1) is 10.9 Å². The zero-order valence-corrected chi connectivity index (χ0v) is 7.71. The summed E-state index contributed by atoms with van der Waals surface area (Å²) < 4.78 is 0. The van der Waals surface area contributed by atoms with Crippen molar-refractivity contribution >= 4 is 34.8 Å². The Kier molecular flexibility index (Phi) is 2.88. The molecular weight excluding hydrogens is 206 g/mol. The highest BCUT2D eigenvalue weighted by Gasteiger charge is 2.05. The van der Waals surface area contributed by atoms with Crippen molar-refractivity contribution in [3.8, 4) is 5.75 Å². The first-order valence-corrected chi connectivity index (χ1v) is 4.17.